The second-order valence-electron chi connectivity index (χ2n) is 12.1. The first-order chi connectivity index (χ1) is 20.9. The van der Waals surface area contributed by atoms with E-state index in [9.17, 15) is 27.2 Å². The number of halogens is 5. The Morgan fingerprint density at radius 2 is 1.89 bits per heavy atom. The summed E-state index contributed by atoms with van der Waals surface area (Å²) in [6, 6.07) is 6.79. The lowest BCUT2D eigenvalue weighted by molar-refractivity contribution is -0.180. The molecule has 0 spiro atoms. The zero-order valence-electron chi connectivity index (χ0n) is 24.5. The Morgan fingerprint density at radius 1 is 1.11 bits per heavy atom. The molecule has 0 bridgehead atoms. The number of piperazine rings is 1. The molecule has 4 aliphatic rings. The van der Waals surface area contributed by atoms with Gasteiger partial charge < -0.3 is 24.0 Å². The minimum Gasteiger partial charge on any atom is -0.472 e. The number of carbonyl (C=O) groups excluding carboxylic acids is 2. The van der Waals surface area contributed by atoms with E-state index in [1.165, 1.54) is 24.1 Å². The molecule has 3 fully saturated rings. The van der Waals surface area contributed by atoms with Gasteiger partial charge in [-0.3, -0.25) is 9.69 Å². The van der Waals surface area contributed by atoms with E-state index >= 15 is 0 Å². The lowest BCUT2D eigenvalue weighted by atomic mass is 9.85. The van der Waals surface area contributed by atoms with Crippen molar-refractivity contribution < 1.29 is 41.4 Å². The minimum absolute atomic E-state index is 0.0327. The monoisotopic (exact) mass is 731 g/mol. The van der Waals surface area contributed by atoms with Crippen LogP contribution in [-0.4, -0.2) is 79.4 Å². The number of alkyl halides is 3. The Morgan fingerprint density at radius 3 is 2.52 bits per heavy atom. The number of ether oxygens (including phenoxy) is 3. The van der Waals surface area contributed by atoms with Crippen LogP contribution in [0.2, 0.25) is 0 Å². The average Bonchev–Trinajstić information content (AvgIpc) is 3.86. The van der Waals surface area contributed by atoms with Crippen LogP contribution in [0.1, 0.15) is 54.1 Å². The standard InChI is InChI=1S/C31H34F4IN3O5/c1-18-14-37(9-10-39(18)22-5-6-25(32)24(13-22)28(40)42-2)23-7-8-30(44-16-23,20-3-4-20)29(41)38-15-19-11-21(31(33,34)35)12-26(36)27(19)43-17-38/h5-6,11-13,18,20,23H,3-4,7-10,14-17H2,1-2H3/t18-,23+,30-/m0/s1. The van der Waals surface area contributed by atoms with Crippen LogP contribution < -0.4 is 9.64 Å². The smallest absolute Gasteiger partial charge is 0.416 e. The van der Waals surface area contributed by atoms with E-state index in [0.717, 1.165) is 50.2 Å². The summed E-state index contributed by atoms with van der Waals surface area (Å²) in [6.45, 7) is 4.57. The number of nitrogens with zero attached hydrogens (tertiary/aromatic N) is 3. The fraction of sp³-hybridized carbons (Fsp3) is 0.548. The summed E-state index contributed by atoms with van der Waals surface area (Å²) in [6.07, 6.45) is -1.47. The molecule has 0 unspecified atom stereocenters. The SMILES string of the molecule is COC(=O)c1cc(N2CCN([C@@H]3CC[C@@](C(=O)N4COc5c(I)cc(C(F)(F)F)cc5C4)(C4CC4)OC3)C[C@@H]2C)ccc1F. The highest BCUT2D eigenvalue weighted by Crippen LogP contribution is 2.49. The molecule has 3 heterocycles. The Labute approximate surface area is 266 Å². The van der Waals surface area contributed by atoms with Crippen molar-refractivity contribution in [2.24, 2.45) is 5.92 Å². The fourth-order valence-corrected chi connectivity index (χ4v) is 7.67. The average molecular weight is 732 g/mol. The second-order valence-corrected chi connectivity index (χ2v) is 13.2. The molecular weight excluding hydrogens is 697 g/mol. The van der Waals surface area contributed by atoms with Crippen LogP contribution in [0.3, 0.4) is 0 Å². The lowest BCUT2D eigenvalue weighted by Crippen LogP contribution is -2.61. The van der Waals surface area contributed by atoms with Gasteiger partial charge in [-0.2, -0.15) is 13.2 Å². The van der Waals surface area contributed by atoms with Crippen LogP contribution in [0.5, 0.6) is 5.75 Å². The molecule has 6 rings (SSSR count). The molecule has 0 aromatic heterocycles. The minimum atomic E-state index is -4.49. The van der Waals surface area contributed by atoms with Gasteiger partial charge in [0.25, 0.3) is 5.91 Å². The van der Waals surface area contributed by atoms with Crippen LogP contribution in [0.15, 0.2) is 30.3 Å². The molecule has 2 saturated heterocycles. The van der Waals surface area contributed by atoms with Gasteiger partial charge >= 0.3 is 12.1 Å². The molecule has 3 aliphatic heterocycles. The number of esters is 1. The Bertz CT molecular complexity index is 1440. The molecule has 2 aromatic rings. The summed E-state index contributed by atoms with van der Waals surface area (Å²) < 4.78 is 72.0. The summed E-state index contributed by atoms with van der Waals surface area (Å²) >= 11 is 1.84. The summed E-state index contributed by atoms with van der Waals surface area (Å²) in [5, 5.41) is 0. The molecule has 2 aromatic carbocycles. The zero-order valence-corrected chi connectivity index (χ0v) is 26.6. The van der Waals surface area contributed by atoms with Gasteiger partial charge in [0.1, 0.15) is 17.2 Å². The molecule has 0 N–H and O–H groups in total. The summed E-state index contributed by atoms with van der Waals surface area (Å²) in [4.78, 5) is 32.0. The van der Waals surface area contributed by atoms with Crippen LogP contribution in [0.4, 0.5) is 23.2 Å². The van der Waals surface area contributed by atoms with Gasteiger partial charge in [-0.25, -0.2) is 9.18 Å². The molecule has 1 aliphatic carbocycles. The largest absolute Gasteiger partial charge is 0.472 e. The molecule has 13 heteroatoms. The highest BCUT2D eigenvalue weighted by Gasteiger charge is 2.56. The van der Waals surface area contributed by atoms with E-state index in [2.05, 4.69) is 16.7 Å². The number of benzene rings is 2. The summed E-state index contributed by atoms with van der Waals surface area (Å²) in [7, 11) is 1.22. The number of hydrogen-bond acceptors (Lipinski definition) is 7. The number of hydrogen-bond donors (Lipinski definition) is 0. The molecule has 8 nitrogen and oxygen atoms in total. The topological polar surface area (TPSA) is 71.6 Å². The second kappa shape index (κ2) is 11.9. The van der Waals surface area contributed by atoms with Crippen molar-refractivity contribution in [2.45, 2.75) is 63.0 Å². The summed E-state index contributed by atoms with van der Waals surface area (Å²) in [5.41, 5.74) is -0.767. The number of anilines is 1. The van der Waals surface area contributed by atoms with Crippen LogP contribution >= 0.6 is 22.6 Å². The van der Waals surface area contributed by atoms with Crippen molar-refractivity contribution in [2.75, 3.05) is 45.0 Å². The molecule has 0 radical (unpaired) electrons. The number of fused-ring (bicyclic) bond motifs is 1. The van der Waals surface area contributed by atoms with Crippen molar-refractivity contribution in [1.82, 2.24) is 9.80 Å². The van der Waals surface area contributed by atoms with Gasteiger partial charge in [-0.05, 0) is 91.4 Å². The van der Waals surface area contributed by atoms with Crippen molar-refractivity contribution in [1.29, 1.82) is 0 Å². The van der Waals surface area contributed by atoms with E-state index in [1.807, 2.05) is 22.6 Å². The zero-order chi connectivity index (χ0) is 31.4. The molecule has 1 amide bonds. The fourth-order valence-electron chi connectivity index (χ4n) is 6.83. The maximum atomic E-state index is 14.2. The Hall–Kier alpha value is -2.65. The third-order valence-electron chi connectivity index (χ3n) is 9.30. The number of amides is 1. The number of carbonyl (C=O) groups is 2. The maximum Gasteiger partial charge on any atom is 0.416 e. The number of methoxy groups -OCH3 is 1. The van der Waals surface area contributed by atoms with Crippen molar-refractivity contribution in [3.63, 3.8) is 0 Å². The van der Waals surface area contributed by atoms with E-state index in [-0.39, 0.29) is 42.7 Å². The first kappa shape index (κ1) is 31.3. The van der Waals surface area contributed by atoms with Gasteiger partial charge in [0.2, 0.25) is 0 Å². The van der Waals surface area contributed by atoms with E-state index in [0.29, 0.717) is 34.5 Å². The van der Waals surface area contributed by atoms with Gasteiger partial charge in [0.05, 0.1) is 35.0 Å². The van der Waals surface area contributed by atoms with Gasteiger partial charge in [-0.1, -0.05) is 0 Å². The molecule has 1 saturated carbocycles. The third-order valence-corrected chi connectivity index (χ3v) is 10.1. The Kier molecular flexibility index (Phi) is 8.50. The van der Waals surface area contributed by atoms with Gasteiger partial charge in [0.15, 0.2) is 6.73 Å². The van der Waals surface area contributed by atoms with Crippen LogP contribution in [-0.2, 0) is 27.0 Å². The quantitative estimate of drug-likeness (QED) is 0.230. The van der Waals surface area contributed by atoms with Crippen LogP contribution in [0.25, 0.3) is 0 Å². The lowest BCUT2D eigenvalue weighted by Gasteiger charge is -2.48. The summed E-state index contributed by atoms with van der Waals surface area (Å²) in [5.74, 6) is -1.08. The van der Waals surface area contributed by atoms with Gasteiger partial charge in [0, 0.05) is 43.0 Å². The van der Waals surface area contributed by atoms with E-state index in [1.54, 1.807) is 6.07 Å². The molecule has 238 valence electrons. The highest BCUT2D eigenvalue weighted by molar-refractivity contribution is 14.1. The maximum absolute atomic E-state index is 14.2. The van der Waals surface area contributed by atoms with Gasteiger partial charge in [-0.15, -0.1) is 0 Å². The van der Waals surface area contributed by atoms with E-state index in [4.69, 9.17) is 14.2 Å². The van der Waals surface area contributed by atoms with Crippen molar-refractivity contribution >= 4 is 40.2 Å². The number of rotatable bonds is 5. The highest BCUT2D eigenvalue weighted by atomic mass is 127. The van der Waals surface area contributed by atoms with E-state index < -0.39 is 29.1 Å². The predicted molar refractivity (Wildman–Crippen MR) is 161 cm³/mol. The molecular formula is C31H34F4IN3O5. The first-order valence-corrected chi connectivity index (χ1v) is 15.8. The Balaban J connectivity index is 1.11. The third kappa shape index (κ3) is 5.86. The first-order valence-electron chi connectivity index (χ1n) is 14.8. The predicted octanol–water partition coefficient (Wildman–Crippen LogP) is 5.45. The molecule has 44 heavy (non-hydrogen) atoms. The normalized spacial score (nSPS) is 26.2. The van der Waals surface area contributed by atoms with Crippen molar-refractivity contribution in [3.8, 4) is 5.75 Å². The molecule has 3 atom stereocenters. The van der Waals surface area contributed by atoms with Crippen molar-refractivity contribution in [3.05, 3.63) is 56.4 Å². The van der Waals surface area contributed by atoms with Crippen LogP contribution in [0, 0.1) is 15.3 Å².